The molecule has 0 bridgehead atoms. The highest BCUT2D eigenvalue weighted by atomic mass is 32.2. The lowest BCUT2D eigenvalue weighted by Crippen LogP contribution is -2.60. The predicted octanol–water partition coefficient (Wildman–Crippen LogP) is -0.296. The second-order valence-electron chi connectivity index (χ2n) is 9.54. The number of hydrogen-bond donors (Lipinski definition) is 6. The zero-order valence-electron chi connectivity index (χ0n) is 18.5. The molecule has 31 heavy (non-hydrogen) atoms. The Bertz CT molecular complexity index is 679. The topological polar surface area (TPSA) is 134 Å². The first-order valence-electron chi connectivity index (χ1n) is 11.6. The van der Waals surface area contributed by atoms with Crippen molar-refractivity contribution in [2.75, 3.05) is 33.2 Å². The van der Waals surface area contributed by atoms with Crippen molar-refractivity contribution < 1.29 is 17.2 Å². The van der Waals surface area contributed by atoms with Gasteiger partial charge in [0, 0.05) is 38.0 Å². The number of sulfonamides is 1. The third-order valence-electron chi connectivity index (χ3n) is 7.53. The maximum absolute atomic E-state index is 14.8. The van der Waals surface area contributed by atoms with E-state index in [2.05, 4.69) is 20.7 Å². The van der Waals surface area contributed by atoms with Gasteiger partial charge in [-0.15, -0.1) is 0 Å². The van der Waals surface area contributed by atoms with Gasteiger partial charge < -0.3 is 27.4 Å². The van der Waals surface area contributed by atoms with Gasteiger partial charge in [0.05, 0.1) is 6.17 Å². The van der Waals surface area contributed by atoms with Crippen molar-refractivity contribution in [1.82, 2.24) is 20.7 Å². The van der Waals surface area contributed by atoms with Gasteiger partial charge in [0.25, 0.3) is 0 Å². The molecule has 0 aromatic heterocycles. The standard InChI is InChI=1S/C20H40F2N6O2S/c1-25-19-13(10-23)3-2-4-17(19)28-31(29,30)16(11-24)12-27-18-7-14(5-6-26-18)20(22)8-15(21)9-20/h13-19,25-28H,2-12,23-24H2,1H3. The first-order valence-corrected chi connectivity index (χ1v) is 13.1. The van der Waals surface area contributed by atoms with Crippen molar-refractivity contribution in [3.63, 3.8) is 0 Å². The van der Waals surface area contributed by atoms with E-state index in [1.165, 1.54) is 0 Å². The van der Waals surface area contributed by atoms with E-state index >= 15 is 0 Å². The fourth-order valence-corrected chi connectivity index (χ4v) is 7.02. The van der Waals surface area contributed by atoms with Crippen molar-refractivity contribution in [3.8, 4) is 0 Å². The first kappa shape index (κ1) is 25.2. The SMILES string of the molecule is CNC1C(CN)CCCC1NS(=O)(=O)C(CN)CNC1CC(C2(F)CC(F)C2)CCN1. The fraction of sp³-hybridized carbons (Fsp3) is 1.00. The van der Waals surface area contributed by atoms with Gasteiger partial charge >= 0.3 is 0 Å². The summed E-state index contributed by atoms with van der Waals surface area (Å²) < 4.78 is 57.0. The molecular formula is C20H40F2N6O2S. The van der Waals surface area contributed by atoms with Crippen LogP contribution >= 0.6 is 0 Å². The molecule has 182 valence electrons. The van der Waals surface area contributed by atoms with Crippen LogP contribution in [0.2, 0.25) is 0 Å². The highest BCUT2D eigenvalue weighted by molar-refractivity contribution is 7.90. The molecule has 0 spiro atoms. The van der Waals surface area contributed by atoms with E-state index in [1.54, 1.807) is 0 Å². The summed E-state index contributed by atoms with van der Waals surface area (Å²) in [5.41, 5.74) is 10.3. The number of nitrogens with two attached hydrogens (primary N) is 2. The van der Waals surface area contributed by atoms with Crippen LogP contribution in [0.15, 0.2) is 0 Å². The Morgan fingerprint density at radius 1 is 1.23 bits per heavy atom. The van der Waals surface area contributed by atoms with Gasteiger partial charge in [0.2, 0.25) is 10.0 Å². The molecule has 3 rings (SSSR count). The smallest absolute Gasteiger partial charge is 0.217 e. The number of nitrogens with one attached hydrogen (secondary N) is 4. The van der Waals surface area contributed by atoms with E-state index < -0.39 is 27.1 Å². The minimum atomic E-state index is -3.66. The Morgan fingerprint density at radius 3 is 2.58 bits per heavy atom. The highest BCUT2D eigenvalue weighted by Crippen LogP contribution is 2.47. The molecule has 1 aliphatic heterocycles. The second kappa shape index (κ2) is 10.7. The molecule has 0 radical (unpaired) electrons. The molecule has 0 aromatic rings. The summed E-state index contributed by atoms with van der Waals surface area (Å²) in [5, 5.41) is 8.91. The van der Waals surface area contributed by atoms with Crippen molar-refractivity contribution in [2.45, 2.75) is 80.3 Å². The third-order valence-corrected chi connectivity index (χ3v) is 9.40. The molecular weight excluding hydrogens is 426 g/mol. The molecule has 8 nitrogen and oxygen atoms in total. The molecule has 0 aromatic carbocycles. The molecule has 6 unspecified atom stereocenters. The lowest BCUT2D eigenvalue weighted by atomic mass is 9.68. The molecule has 2 aliphatic carbocycles. The van der Waals surface area contributed by atoms with Crippen molar-refractivity contribution >= 4 is 10.0 Å². The lowest BCUT2D eigenvalue weighted by Gasteiger charge is -2.46. The van der Waals surface area contributed by atoms with Crippen LogP contribution in [0.3, 0.4) is 0 Å². The van der Waals surface area contributed by atoms with Crippen LogP contribution in [0.4, 0.5) is 8.78 Å². The molecule has 1 heterocycles. The summed E-state index contributed by atoms with van der Waals surface area (Å²) in [7, 11) is -1.83. The minimum absolute atomic E-state index is 0.0109. The molecule has 0 amide bonds. The van der Waals surface area contributed by atoms with Gasteiger partial charge in [0.1, 0.15) is 17.1 Å². The van der Waals surface area contributed by atoms with E-state index in [9.17, 15) is 17.2 Å². The number of alkyl halides is 2. The number of piperidine rings is 1. The molecule has 1 saturated heterocycles. The Balaban J connectivity index is 1.54. The molecule has 2 saturated carbocycles. The van der Waals surface area contributed by atoms with Gasteiger partial charge in [-0.3, -0.25) is 0 Å². The summed E-state index contributed by atoms with van der Waals surface area (Å²) in [5.74, 6) is 0.0175. The zero-order valence-corrected chi connectivity index (χ0v) is 19.3. The number of halogens is 2. The normalized spacial score (nSPS) is 40.3. The summed E-state index contributed by atoms with van der Waals surface area (Å²) >= 11 is 0. The van der Waals surface area contributed by atoms with Crippen molar-refractivity contribution in [1.29, 1.82) is 0 Å². The summed E-state index contributed by atoms with van der Waals surface area (Å²) in [4.78, 5) is 0. The Morgan fingerprint density at radius 2 is 1.97 bits per heavy atom. The molecule has 3 fully saturated rings. The maximum Gasteiger partial charge on any atom is 0.217 e. The van der Waals surface area contributed by atoms with E-state index in [0.29, 0.717) is 25.9 Å². The average Bonchev–Trinajstić information content (AvgIpc) is 2.72. The number of rotatable bonds is 10. The molecule has 3 aliphatic rings. The van der Waals surface area contributed by atoms with Gasteiger partial charge in [-0.05, 0) is 57.7 Å². The van der Waals surface area contributed by atoms with Crippen molar-refractivity contribution in [3.05, 3.63) is 0 Å². The highest BCUT2D eigenvalue weighted by Gasteiger charge is 2.51. The molecule has 11 heteroatoms. The van der Waals surface area contributed by atoms with Crippen LogP contribution in [0.5, 0.6) is 0 Å². The van der Waals surface area contributed by atoms with E-state index in [-0.39, 0.29) is 56.0 Å². The quantitative estimate of drug-likeness (QED) is 0.260. The van der Waals surface area contributed by atoms with Gasteiger partial charge in [-0.25, -0.2) is 21.9 Å². The third kappa shape index (κ3) is 5.93. The van der Waals surface area contributed by atoms with Crippen LogP contribution in [0, 0.1) is 11.8 Å². The average molecular weight is 467 g/mol. The van der Waals surface area contributed by atoms with Crippen LogP contribution in [0.25, 0.3) is 0 Å². The van der Waals surface area contributed by atoms with Crippen LogP contribution in [-0.2, 0) is 10.0 Å². The van der Waals surface area contributed by atoms with Gasteiger partial charge in [-0.1, -0.05) is 6.42 Å². The largest absolute Gasteiger partial charge is 0.330 e. The van der Waals surface area contributed by atoms with E-state index in [4.69, 9.17) is 11.5 Å². The summed E-state index contributed by atoms with van der Waals surface area (Å²) in [6, 6.07) is -0.231. The first-order chi connectivity index (χ1) is 14.7. The van der Waals surface area contributed by atoms with Crippen LogP contribution in [-0.4, -0.2) is 77.0 Å². The van der Waals surface area contributed by atoms with E-state index in [1.807, 2.05) is 7.05 Å². The predicted molar refractivity (Wildman–Crippen MR) is 118 cm³/mol. The number of likely N-dealkylation sites (N-methyl/N-ethyl adjacent to an activating group) is 1. The number of hydrogen-bond acceptors (Lipinski definition) is 7. The lowest BCUT2D eigenvalue weighted by molar-refractivity contribution is -0.0723. The molecule has 6 atom stereocenters. The Kier molecular flexibility index (Phi) is 8.67. The molecule has 8 N–H and O–H groups in total. The fourth-order valence-electron chi connectivity index (χ4n) is 5.57. The van der Waals surface area contributed by atoms with Crippen LogP contribution < -0.4 is 32.1 Å². The summed E-state index contributed by atoms with van der Waals surface area (Å²) in [6.07, 6.45) is 2.55. The summed E-state index contributed by atoms with van der Waals surface area (Å²) in [6.45, 7) is 1.28. The van der Waals surface area contributed by atoms with E-state index in [0.717, 1.165) is 19.3 Å². The minimum Gasteiger partial charge on any atom is -0.330 e. The van der Waals surface area contributed by atoms with Gasteiger partial charge in [0.15, 0.2) is 0 Å². The Hall–Kier alpha value is -0.430. The zero-order chi connectivity index (χ0) is 22.6. The second-order valence-corrected chi connectivity index (χ2v) is 11.5. The Labute approximate surface area is 185 Å². The van der Waals surface area contributed by atoms with Crippen molar-refractivity contribution in [2.24, 2.45) is 23.3 Å². The maximum atomic E-state index is 14.8. The monoisotopic (exact) mass is 466 g/mol. The van der Waals surface area contributed by atoms with Gasteiger partial charge in [-0.2, -0.15) is 0 Å². The van der Waals surface area contributed by atoms with Crippen LogP contribution in [0.1, 0.15) is 44.9 Å².